The Kier molecular flexibility index (Phi) is 9.57. The molecule has 0 aromatic heterocycles. The summed E-state index contributed by atoms with van der Waals surface area (Å²) in [6.07, 6.45) is 22.0. The average molecular weight is 559 g/mol. The SMILES string of the molecule is C=CCCCc1ccc(C(=O)OC2CC[C@@]3(C)C(=CCC4C3CC[C@@]3(C)C4CC[C@@H]3[C@H](C)CCCC(C)C)C2)cc1. The van der Waals surface area contributed by atoms with Crippen LogP contribution in [0.1, 0.15) is 134 Å². The minimum absolute atomic E-state index is 0.0158. The van der Waals surface area contributed by atoms with E-state index in [-0.39, 0.29) is 12.1 Å². The first-order valence-corrected chi connectivity index (χ1v) is 17.3. The smallest absolute Gasteiger partial charge is 0.338 e. The standard InChI is InChI=1S/C39H58O2/c1-7-8-9-13-29-14-16-30(17-15-29)37(40)41-32-22-24-38(5)31(26-32)18-19-33-35-21-20-34(28(4)12-10-11-27(2)3)39(35,6)25-23-36(33)38/h7,14-18,27-28,32-36H,1,8-13,19-26H2,2-6H3/t28-,32?,33?,34-,35?,36?,38+,39-/m1/s1. The van der Waals surface area contributed by atoms with Crippen molar-refractivity contribution < 1.29 is 9.53 Å². The Morgan fingerprint density at radius 1 is 1.00 bits per heavy atom. The molecule has 0 bridgehead atoms. The summed E-state index contributed by atoms with van der Waals surface area (Å²) in [6.45, 7) is 16.4. The molecular weight excluding hydrogens is 500 g/mol. The molecule has 3 saturated carbocycles. The summed E-state index contributed by atoms with van der Waals surface area (Å²) in [4.78, 5) is 13.0. The van der Waals surface area contributed by atoms with Crippen LogP contribution in [-0.4, -0.2) is 12.1 Å². The lowest BCUT2D eigenvalue weighted by Crippen LogP contribution is -2.51. The van der Waals surface area contributed by atoms with Gasteiger partial charge in [-0.3, -0.25) is 0 Å². The van der Waals surface area contributed by atoms with Crippen LogP contribution in [0.3, 0.4) is 0 Å². The van der Waals surface area contributed by atoms with E-state index < -0.39 is 0 Å². The van der Waals surface area contributed by atoms with Crippen LogP contribution in [-0.2, 0) is 11.2 Å². The number of benzene rings is 1. The quantitative estimate of drug-likeness (QED) is 0.153. The molecule has 1 aromatic rings. The van der Waals surface area contributed by atoms with Gasteiger partial charge in [-0.15, -0.1) is 6.58 Å². The van der Waals surface area contributed by atoms with Crippen molar-refractivity contribution >= 4 is 5.97 Å². The highest BCUT2D eigenvalue weighted by Gasteiger charge is 2.59. The Bertz CT molecular complexity index is 1080. The molecule has 41 heavy (non-hydrogen) atoms. The number of esters is 1. The molecule has 2 nitrogen and oxygen atoms in total. The Balaban J connectivity index is 1.20. The van der Waals surface area contributed by atoms with Gasteiger partial charge >= 0.3 is 5.97 Å². The molecule has 2 heteroatoms. The molecule has 3 fully saturated rings. The molecule has 0 N–H and O–H groups in total. The third-order valence-electron chi connectivity index (χ3n) is 12.6. The van der Waals surface area contributed by atoms with Crippen molar-refractivity contribution in [2.75, 3.05) is 0 Å². The summed E-state index contributed by atoms with van der Waals surface area (Å²) in [5.74, 6) is 5.00. The summed E-state index contributed by atoms with van der Waals surface area (Å²) >= 11 is 0. The van der Waals surface area contributed by atoms with E-state index in [9.17, 15) is 4.79 Å². The molecule has 4 aliphatic carbocycles. The molecule has 4 aliphatic rings. The van der Waals surface area contributed by atoms with E-state index in [0.29, 0.717) is 16.4 Å². The molecular formula is C39H58O2. The largest absolute Gasteiger partial charge is 0.458 e. The van der Waals surface area contributed by atoms with E-state index in [4.69, 9.17) is 4.74 Å². The van der Waals surface area contributed by atoms with Crippen molar-refractivity contribution in [1.29, 1.82) is 0 Å². The number of carbonyl (C=O) groups excluding carboxylic acids is 1. The zero-order valence-electron chi connectivity index (χ0n) is 26.9. The lowest BCUT2D eigenvalue weighted by molar-refractivity contribution is -0.0594. The maximum atomic E-state index is 13.0. The van der Waals surface area contributed by atoms with E-state index in [0.717, 1.165) is 67.6 Å². The van der Waals surface area contributed by atoms with Gasteiger partial charge in [0.05, 0.1) is 5.56 Å². The maximum absolute atomic E-state index is 13.0. The first-order chi connectivity index (χ1) is 19.7. The van der Waals surface area contributed by atoms with Crippen molar-refractivity contribution in [3.05, 3.63) is 59.7 Å². The highest BCUT2D eigenvalue weighted by molar-refractivity contribution is 5.89. The number of hydrogen-bond donors (Lipinski definition) is 0. The van der Waals surface area contributed by atoms with Crippen LogP contribution in [0.25, 0.3) is 0 Å². The van der Waals surface area contributed by atoms with Crippen LogP contribution >= 0.6 is 0 Å². The normalized spacial score (nSPS) is 35.2. The molecule has 0 spiro atoms. The second-order valence-electron chi connectivity index (χ2n) is 15.4. The van der Waals surface area contributed by atoms with E-state index in [2.05, 4.69) is 59.4 Å². The molecule has 8 atom stereocenters. The predicted octanol–water partition coefficient (Wildman–Crippen LogP) is 10.8. The Hall–Kier alpha value is -1.83. The van der Waals surface area contributed by atoms with Crippen LogP contribution in [0.2, 0.25) is 0 Å². The fourth-order valence-corrected chi connectivity index (χ4v) is 10.2. The van der Waals surface area contributed by atoms with Crippen molar-refractivity contribution in [3.8, 4) is 0 Å². The van der Waals surface area contributed by atoms with E-state index in [1.807, 2.05) is 18.2 Å². The van der Waals surface area contributed by atoms with Crippen molar-refractivity contribution in [3.63, 3.8) is 0 Å². The third kappa shape index (κ3) is 6.28. The fraction of sp³-hybridized carbons (Fsp3) is 0.718. The summed E-state index contributed by atoms with van der Waals surface area (Å²) in [6, 6.07) is 8.06. The Morgan fingerprint density at radius 3 is 2.51 bits per heavy atom. The van der Waals surface area contributed by atoms with Gasteiger partial charge in [0.2, 0.25) is 0 Å². The number of fused-ring (bicyclic) bond motifs is 5. The monoisotopic (exact) mass is 558 g/mol. The fourth-order valence-electron chi connectivity index (χ4n) is 10.2. The maximum Gasteiger partial charge on any atom is 0.338 e. The van der Waals surface area contributed by atoms with Crippen LogP contribution < -0.4 is 0 Å². The molecule has 0 radical (unpaired) electrons. The number of rotatable bonds is 11. The van der Waals surface area contributed by atoms with Gasteiger partial charge in [0.15, 0.2) is 0 Å². The molecule has 5 rings (SSSR count). The number of aryl methyl sites for hydroxylation is 1. The number of ether oxygens (including phenoxy) is 1. The van der Waals surface area contributed by atoms with Gasteiger partial charge in [0.25, 0.3) is 0 Å². The minimum Gasteiger partial charge on any atom is -0.458 e. The van der Waals surface area contributed by atoms with E-state index in [1.165, 1.54) is 63.4 Å². The zero-order chi connectivity index (χ0) is 29.2. The number of unbranched alkanes of at least 4 members (excludes halogenated alkanes) is 1. The first kappa shape index (κ1) is 30.6. The molecule has 1 aromatic carbocycles. The van der Waals surface area contributed by atoms with Gasteiger partial charge in [-0.1, -0.05) is 83.7 Å². The molecule has 0 aliphatic heterocycles. The van der Waals surface area contributed by atoms with Gasteiger partial charge in [0.1, 0.15) is 6.10 Å². The lowest BCUT2D eigenvalue weighted by atomic mass is 9.47. The van der Waals surface area contributed by atoms with Gasteiger partial charge in [-0.25, -0.2) is 4.79 Å². The van der Waals surface area contributed by atoms with Crippen molar-refractivity contribution in [2.45, 2.75) is 131 Å². The second kappa shape index (κ2) is 12.8. The molecule has 0 heterocycles. The molecule has 0 saturated heterocycles. The molecule has 226 valence electrons. The summed E-state index contributed by atoms with van der Waals surface area (Å²) in [7, 11) is 0. The van der Waals surface area contributed by atoms with Gasteiger partial charge in [-0.2, -0.15) is 0 Å². The summed E-state index contributed by atoms with van der Waals surface area (Å²) in [5.41, 5.74) is 4.39. The third-order valence-corrected chi connectivity index (χ3v) is 12.6. The highest BCUT2D eigenvalue weighted by atomic mass is 16.5. The van der Waals surface area contributed by atoms with Gasteiger partial charge in [0, 0.05) is 6.42 Å². The Morgan fingerprint density at radius 2 is 1.78 bits per heavy atom. The zero-order valence-corrected chi connectivity index (χ0v) is 26.9. The number of hydrogen-bond acceptors (Lipinski definition) is 2. The van der Waals surface area contributed by atoms with Crippen LogP contribution in [0.4, 0.5) is 0 Å². The van der Waals surface area contributed by atoms with Gasteiger partial charge < -0.3 is 4.74 Å². The summed E-state index contributed by atoms with van der Waals surface area (Å²) in [5, 5.41) is 0. The minimum atomic E-state index is -0.154. The average Bonchev–Trinajstić information content (AvgIpc) is 3.31. The van der Waals surface area contributed by atoms with Gasteiger partial charge in [-0.05, 0) is 128 Å². The topological polar surface area (TPSA) is 26.3 Å². The van der Waals surface area contributed by atoms with E-state index in [1.54, 1.807) is 5.57 Å². The van der Waals surface area contributed by atoms with E-state index >= 15 is 0 Å². The summed E-state index contributed by atoms with van der Waals surface area (Å²) < 4.78 is 6.13. The molecule has 4 unspecified atom stereocenters. The van der Waals surface area contributed by atoms with Crippen LogP contribution in [0.5, 0.6) is 0 Å². The predicted molar refractivity (Wildman–Crippen MR) is 172 cm³/mol. The van der Waals surface area contributed by atoms with Crippen LogP contribution in [0.15, 0.2) is 48.6 Å². The first-order valence-electron chi connectivity index (χ1n) is 17.3. The van der Waals surface area contributed by atoms with Crippen molar-refractivity contribution in [2.24, 2.45) is 46.3 Å². The number of allylic oxidation sites excluding steroid dienone is 2. The molecule has 0 amide bonds. The number of carbonyl (C=O) groups is 1. The Labute approximate surface area is 251 Å². The van der Waals surface area contributed by atoms with Crippen LogP contribution in [0, 0.1) is 46.3 Å². The second-order valence-corrected chi connectivity index (χ2v) is 15.4. The van der Waals surface area contributed by atoms with Crippen molar-refractivity contribution in [1.82, 2.24) is 0 Å². The highest BCUT2D eigenvalue weighted by Crippen LogP contribution is 2.67. The lowest BCUT2D eigenvalue weighted by Gasteiger charge is -2.58.